The van der Waals surface area contributed by atoms with Crippen LogP contribution in [0.3, 0.4) is 0 Å². The Balaban J connectivity index is 1.54. The fourth-order valence-corrected chi connectivity index (χ4v) is 4.02. The maximum atomic E-state index is 10.9. The number of nitrogens with zero attached hydrogens (tertiary/aromatic N) is 3. The number of benzene rings is 3. The van der Waals surface area contributed by atoms with Crippen LogP contribution in [0.2, 0.25) is 0 Å². The van der Waals surface area contributed by atoms with Crippen molar-refractivity contribution in [1.29, 1.82) is 5.26 Å². The molecule has 0 aliphatic rings. The zero-order valence-corrected chi connectivity index (χ0v) is 19.0. The predicted molar refractivity (Wildman–Crippen MR) is 131 cm³/mol. The molecule has 34 heavy (non-hydrogen) atoms. The minimum absolute atomic E-state index is 0.0157. The molecule has 1 aromatic heterocycles. The number of nitro groups is 1. The Bertz CT molecular complexity index is 1370. The van der Waals surface area contributed by atoms with Crippen LogP contribution in [0.25, 0.3) is 22.9 Å². The molecule has 0 radical (unpaired) electrons. The fourth-order valence-electron chi connectivity index (χ4n) is 3.22. The molecule has 7 nitrogen and oxygen atoms in total. The molecule has 4 aromatic rings. The molecule has 0 fully saturated rings. The van der Waals surface area contributed by atoms with Crippen molar-refractivity contribution < 1.29 is 14.4 Å². The van der Waals surface area contributed by atoms with Crippen molar-refractivity contribution in [3.63, 3.8) is 0 Å². The SMILES string of the molecule is COc1cc(/C=C(/C#N)c2nc(-c3ccc([N+](=O)[O-])cc3)cs2)ccc1OCc1ccccc1. The highest BCUT2D eigenvalue weighted by Gasteiger charge is 2.12. The number of ether oxygens (including phenoxy) is 2. The van der Waals surface area contributed by atoms with E-state index < -0.39 is 4.92 Å². The van der Waals surface area contributed by atoms with Crippen LogP contribution in [0.5, 0.6) is 11.5 Å². The summed E-state index contributed by atoms with van der Waals surface area (Å²) >= 11 is 1.33. The maximum absolute atomic E-state index is 10.9. The molecule has 0 N–H and O–H groups in total. The molecule has 0 aliphatic carbocycles. The minimum atomic E-state index is -0.445. The molecule has 0 saturated heterocycles. The first-order valence-electron chi connectivity index (χ1n) is 10.2. The highest BCUT2D eigenvalue weighted by Crippen LogP contribution is 2.32. The van der Waals surface area contributed by atoms with Crippen molar-refractivity contribution in [2.24, 2.45) is 0 Å². The Kier molecular flexibility index (Phi) is 6.96. The standard InChI is InChI=1S/C26H19N3O4S/c1-32-25-14-19(7-12-24(25)33-16-18-5-3-2-4-6-18)13-21(15-27)26-28-23(17-34-26)20-8-10-22(11-9-20)29(30)31/h2-14,17H,16H2,1H3/b21-13-. The summed E-state index contributed by atoms with van der Waals surface area (Å²) in [6.07, 6.45) is 1.74. The van der Waals surface area contributed by atoms with Gasteiger partial charge in [0.05, 0.1) is 23.3 Å². The summed E-state index contributed by atoms with van der Waals surface area (Å²) < 4.78 is 11.4. The summed E-state index contributed by atoms with van der Waals surface area (Å²) in [5.41, 5.74) is 3.63. The first-order valence-corrected chi connectivity index (χ1v) is 11.1. The lowest BCUT2D eigenvalue weighted by Crippen LogP contribution is -1.97. The van der Waals surface area contributed by atoms with Crippen molar-refractivity contribution >= 4 is 28.7 Å². The third kappa shape index (κ3) is 5.28. The highest BCUT2D eigenvalue weighted by atomic mass is 32.1. The van der Waals surface area contributed by atoms with Crippen molar-refractivity contribution in [3.8, 4) is 28.8 Å². The largest absolute Gasteiger partial charge is 0.493 e. The normalized spacial score (nSPS) is 11.0. The molecule has 0 atom stereocenters. The first kappa shape index (κ1) is 22.7. The van der Waals surface area contributed by atoms with Gasteiger partial charge in [-0.15, -0.1) is 11.3 Å². The van der Waals surface area contributed by atoms with Gasteiger partial charge in [0.15, 0.2) is 11.5 Å². The number of rotatable bonds is 8. The van der Waals surface area contributed by atoms with E-state index >= 15 is 0 Å². The third-order valence-corrected chi connectivity index (χ3v) is 5.84. The van der Waals surface area contributed by atoms with Crippen LogP contribution in [0.15, 0.2) is 78.2 Å². The Morgan fingerprint density at radius 1 is 1.12 bits per heavy atom. The van der Waals surface area contributed by atoms with Gasteiger partial charge in [-0.1, -0.05) is 36.4 Å². The van der Waals surface area contributed by atoms with Gasteiger partial charge in [-0.3, -0.25) is 10.1 Å². The van der Waals surface area contributed by atoms with Crippen molar-refractivity contribution in [2.75, 3.05) is 7.11 Å². The van der Waals surface area contributed by atoms with E-state index in [2.05, 4.69) is 11.1 Å². The predicted octanol–water partition coefficient (Wildman–Crippen LogP) is 6.37. The number of non-ortho nitro benzene ring substituents is 1. The van der Waals surface area contributed by atoms with Gasteiger partial charge in [-0.2, -0.15) is 5.26 Å². The van der Waals surface area contributed by atoms with Crippen LogP contribution in [0.1, 0.15) is 16.1 Å². The number of aromatic nitrogens is 1. The molecular formula is C26H19N3O4S. The molecule has 0 aliphatic heterocycles. The van der Waals surface area contributed by atoms with Crippen LogP contribution in [0.4, 0.5) is 5.69 Å². The number of nitriles is 1. The summed E-state index contributed by atoms with van der Waals surface area (Å²) in [4.78, 5) is 15.0. The van der Waals surface area contributed by atoms with Gasteiger partial charge >= 0.3 is 0 Å². The summed E-state index contributed by atoms with van der Waals surface area (Å²) in [5, 5.41) is 23.0. The zero-order valence-electron chi connectivity index (χ0n) is 18.2. The van der Waals surface area contributed by atoms with E-state index in [-0.39, 0.29) is 5.69 Å². The van der Waals surface area contributed by atoms with E-state index in [1.165, 1.54) is 23.5 Å². The fraction of sp³-hybridized carbons (Fsp3) is 0.0769. The van der Waals surface area contributed by atoms with Crippen molar-refractivity contribution in [2.45, 2.75) is 6.61 Å². The lowest BCUT2D eigenvalue weighted by molar-refractivity contribution is -0.384. The average molecular weight is 470 g/mol. The van der Waals surface area contributed by atoms with Gasteiger partial charge in [0.25, 0.3) is 5.69 Å². The van der Waals surface area contributed by atoms with E-state index in [9.17, 15) is 15.4 Å². The van der Waals surface area contributed by atoms with Crippen LogP contribution < -0.4 is 9.47 Å². The molecule has 3 aromatic carbocycles. The van der Waals surface area contributed by atoms with Gasteiger partial charge in [-0.05, 0) is 41.5 Å². The summed E-state index contributed by atoms with van der Waals surface area (Å²) in [6.45, 7) is 0.417. The molecule has 8 heteroatoms. The molecule has 0 spiro atoms. The van der Waals surface area contributed by atoms with E-state index in [0.717, 1.165) is 16.7 Å². The van der Waals surface area contributed by atoms with Crippen molar-refractivity contribution in [1.82, 2.24) is 4.98 Å². The Hall–Kier alpha value is -4.48. The van der Waals surface area contributed by atoms with Gasteiger partial charge in [-0.25, -0.2) is 4.98 Å². The molecule has 0 bridgehead atoms. The molecule has 1 heterocycles. The summed E-state index contributed by atoms with van der Waals surface area (Å²) in [5.74, 6) is 1.17. The second-order valence-electron chi connectivity index (χ2n) is 7.20. The lowest BCUT2D eigenvalue weighted by atomic mass is 10.1. The quantitative estimate of drug-likeness (QED) is 0.169. The summed E-state index contributed by atoms with van der Waals surface area (Å²) in [7, 11) is 1.57. The van der Waals surface area contributed by atoms with E-state index in [1.54, 1.807) is 25.3 Å². The molecule has 168 valence electrons. The van der Waals surface area contributed by atoms with Crippen LogP contribution >= 0.6 is 11.3 Å². The first-order chi connectivity index (χ1) is 16.6. The monoisotopic (exact) mass is 469 g/mol. The molecule has 0 amide bonds. The smallest absolute Gasteiger partial charge is 0.269 e. The number of hydrogen-bond acceptors (Lipinski definition) is 7. The Labute approximate surface area is 200 Å². The topological polar surface area (TPSA) is 98.3 Å². The number of nitro benzene ring substituents is 1. The van der Waals surface area contributed by atoms with Gasteiger partial charge in [0.2, 0.25) is 0 Å². The highest BCUT2D eigenvalue weighted by molar-refractivity contribution is 7.11. The van der Waals surface area contributed by atoms with E-state index in [0.29, 0.717) is 34.4 Å². The third-order valence-electron chi connectivity index (χ3n) is 4.96. The van der Waals surface area contributed by atoms with Crippen molar-refractivity contribution in [3.05, 3.63) is 104 Å². The number of thiazole rings is 1. The van der Waals surface area contributed by atoms with Crippen LogP contribution in [-0.2, 0) is 6.61 Å². The van der Waals surface area contributed by atoms with Gasteiger partial charge in [0.1, 0.15) is 17.7 Å². The number of methoxy groups -OCH3 is 1. The zero-order chi connectivity index (χ0) is 23.9. The molecular weight excluding hydrogens is 450 g/mol. The number of hydrogen-bond donors (Lipinski definition) is 0. The molecule has 0 unspecified atom stereocenters. The Morgan fingerprint density at radius 3 is 2.56 bits per heavy atom. The molecule has 4 rings (SSSR count). The number of allylic oxidation sites excluding steroid dienone is 1. The second kappa shape index (κ2) is 10.4. The van der Waals surface area contributed by atoms with E-state index in [4.69, 9.17) is 9.47 Å². The maximum Gasteiger partial charge on any atom is 0.269 e. The average Bonchev–Trinajstić information content (AvgIpc) is 3.37. The summed E-state index contributed by atoms with van der Waals surface area (Å²) in [6, 6.07) is 23.7. The minimum Gasteiger partial charge on any atom is -0.493 e. The lowest BCUT2D eigenvalue weighted by Gasteiger charge is -2.11. The van der Waals surface area contributed by atoms with E-state index in [1.807, 2.05) is 53.9 Å². The van der Waals surface area contributed by atoms with Crippen LogP contribution in [0, 0.1) is 21.4 Å². The Morgan fingerprint density at radius 2 is 1.88 bits per heavy atom. The van der Waals surface area contributed by atoms with Gasteiger partial charge < -0.3 is 9.47 Å². The van der Waals surface area contributed by atoms with Gasteiger partial charge in [0, 0.05) is 23.1 Å². The molecule has 0 saturated carbocycles. The second-order valence-corrected chi connectivity index (χ2v) is 8.05. The van der Waals surface area contributed by atoms with Crippen LogP contribution in [-0.4, -0.2) is 17.0 Å².